The van der Waals surface area contributed by atoms with E-state index >= 15 is 0 Å². The van der Waals surface area contributed by atoms with Gasteiger partial charge in [-0.25, -0.2) is 13.1 Å². The summed E-state index contributed by atoms with van der Waals surface area (Å²) < 4.78 is 25.8. The molecule has 1 unspecified atom stereocenters. The van der Waals surface area contributed by atoms with Crippen molar-refractivity contribution >= 4 is 27.5 Å². The molecule has 0 fully saturated rings. The van der Waals surface area contributed by atoms with Crippen LogP contribution in [0, 0.1) is 0 Å². The molecule has 0 saturated heterocycles. The Morgan fingerprint density at radius 2 is 2.17 bits per heavy atom. The Hall–Kier alpha value is -0.800. The van der Waals surface area contributed by atoms with Crippen LogP contribution >= 0.6 is 11.8 Å². The predicted molar refractivity (Wildman–Crippen MR) is 70.9 cm³/mol. The fraction of sp³-hybridized carbons (Fsp3) is 0.400. The maximum absolute atomic E-state index is 11.8. The Morgan fingerprint density at radius 1 is 1.50 bits per heavy atom. The van der Waals surface area contributed by atoms with E-state index < -0.39 is 16.1 Å². The Bertz CT molecular complexity index is 505. The van der Waals surface area contributed by atoms with Crippen molar-refractivity contribution in [3.63, 3.8) is 0 Å². The minimum Gasteiger partial charge on any atom is -0.399 e. The van der Waals surface area contributed by atoms with Gasteiger partial charge < -0.3 is 15.9 Å². The van der Waals surface area contributed by atoms with E-state index in [1.165, 1.54) is 13.1 Å². The van der Waals surface area contributed by atoms with Crippen LogP contribution in [0.15, 0.2) is 28.0 Å². The third-order valence-electron chi connectivity index (χ3n) is 2.17. The summed E-state index contributed by atoms with van der Waals surface area (Å²) in [5.41, 5.74) is 5.91. The van der Waals surface area contributed by atoms with E-state index in [9.17, 15) is 13.5 Å². The van der Waals surface area contributed by atoms with Gasteiger partial charge in [0.2, 0.25) is 10.0 Å². The first kappa shape index (κ1) is 15.3. The van der Waals surface area contributed by atoms with Gasteiger partial charge in [-0.15, -0.1) is 11.8 Å². The SMILES string of the molecule is CNS(=O)(=O)c1cc(N)ccc1SCC(O)CO. The molecule has 102 valence electrons. The predicted octanol–water partition coefficient (Wildman–Crippen LogP) is -0.378. The van der Waals surface area contributed by atoms with Crippen LogP contribution in [0.25, 0.3) is 0 Å². The lowest BCUT2D eigenvalue weighted by Crippen LogP contribution is -2.20. The first-order valence-corrected chi connectivity index (χ1v) is 7.62. The molecular formula is C10H16N2O4S2. The maximum Gasteiger partial charge on any atom is 0.241 e. The largest absolute Gasteiger partial charge is 0.399 e. The standard InChI is InChI=1S/C10H16N2O4S2/c1-12-18(15,16)10-4-7(11)2-3-9(10)17-6-8(14)5-13/h2-4,8,12-14H,5-6,11H2,1H3. The number of hydrogen-bond acceptors (Lipinski definition) is 6. The number of aliphatic hydroxyl groups excluding tert-OH is 2. The van der Waals surface area contributed by atoms with Crippen LogP contribution < -0.4 is 10.5 Å². The van der Waals surface area contributed by atoms with Gasteiger partial charge in [-0.2, -0.15) is 0 Å². The number of thioether (sulfide) groups is 1. The van der Waals surface area contributed by atoms with E-state index in [2.05, 4.69) is 4.72 Å². The van der Waals surface area contributed by atoms with Crippen LogP contribution in [0.5, 0.6) is 0 Å². The molecule has 0 aliphatic carbocycles. The monoisotopic (exact) mass is 292 g/mol. The van der Waals surface area contributed by atoms with Gasteiger partial charge in [0.15, 0.2) is 0 Å². The summed E-state index contributed by atoms with van der Waals surface area (Å²) in [6.07, 6.45) is -0.891. The zero-order valence-corrected chi connectivity index (χ0v) is 11.5. The van der Waals surface area contributed by atoms with Crippen LogP contribution in [0.4, 0.5) is 5.69 Å². The molecule has 0 saturated carbocycles. The third-order valence-corrected chi connectivity index (χ3v) is 4.97. The Balaban J connectivity index is 3.05. The minimum atomic E-state index is -3.60. The highest BCUT2D eigenvalue weighted by atomic mass is 32.2. The number of anilines is 1. The first-order valence-electron chi connectivity index (χ1n) is 5.15. The number of rotatable bonds is 6. The van der Waals surface area contributed by atoms with Gasteiger partial charge in [0.25, 0.3) is 0 Å². The van der Waals surface area contributed by atoms with Crippen molar-refractivity contribution in [3.8, 4) is 0 Å². The van der Waals surface area contributed by atoms with Crippen molar-refractivity contribution in [2.75, 3.05) is 25.1 Å². The van der Waals surface area contributed by atoms with E-state index in [1.54, 1.807) is 12.1 Å². The molecule has 0 amide bonds. The van der Waals surface area contributed by atoms with E-state index in [0.29, 0.717) is 10.6 Å². The molecule has 0 heterocycles. The molecule has 0 spiro atoms. The van der Waals surface area contributed by atoms with Crippen molar-refractivity contribution in [1.82, 2.24) is 4.72 Å². The molecule has 0 aromatic heterocycles. The molecule has 0 aliphatic rings. The molecule has 1 atom stereocenters. The van der Waals surface area contributed by atoms with E-state index in [-0.39, 0.29) is 17.3 Å². The summed E-state index contributed by atoms with van der Waals surface area (Å²) in [5, 5.41) is 18.0. The molecular weight excluding hydrogens is 276 g/mol. The quantitative estimate of drug-likeness (QED) is 0.420. The highest BCUT2D eigenvalue weighted by molar-refractivity contribution is 8.00. The zero-order valence-electron chi connectivity index (χ0n) is 9.83. The number of hydrogen-bond donors (Lipinski definition) is 4. The fourth-order valence-electron chi connectivity index (χ4n) is 1.20. The molecule has 1 rings (SSSR count). The lowest BCUT2D eigenvalue weighted by atomic mass is 10.3. The molecule has 5 N–H and O–H groups in total. The number of nitrogens with one attached hydrogen (secondary N) is 1. The molecule has 0 radical (unpaired) electrons. The molecule has 6 nitrogen and oxygen atoms in total. The molecule has 0 aliphatic heterocycles. The number of sulfonamides is 1. The van der Waals surface area contributed by atoms with Crippen LogP contribution in [-0.4, -0.2) is 44.1 Å². The maximum atomic E-state index is 11.8. The summed E-state index contributed by atoms with van der Waals surface area (Å²) in [4.78, 5) is 0.547. The lowest BCUT2D eigenvalue weighted by molar-refractivity contribution is 0.113. The smallest absolute Gasteiger partial charge is 0.241 e. The van der Waals surface area contributed by atoms with Crippen molar-refractivity contribution in [1.29, 1.82) is 0 Å². The number of nitrogen functional groups attached to an aromatic ring is 1. The summed E-state index contributed by atoms with van der Waals surface area (Å²) in [5.74, 6) is 0.201. The number of nitrogens with two attached hydrogens (primary N) is 1. The van der Waals surface area contributed by atoms with Crippen LogP contribution in [0.2, 0.25) is 0 Å². The molecule has 1 aromatic carbocycles. The lowest BCUT2D eigenvalue weighted by Gasteiger charge is -2.12. The molecule has 8 heteroatoms. The topological polar surface area (TPSA) is 113 Å². The second-order valence-electron chi connectivity index (χ2n) is 3.56. The van der Waals surface area contributed by atoms with E-state index in [4.69, 9.17) is 10.8 Å². The summed E-state index contributed by atoms with van der Waals surface area (Å²) in [6, 6.07) is 4.52. The van der Waals surface area contributed by atoms with Crippen molar-refractivity contribution in [2.24, 2.45) is 0 Å². The van der Waals surface area contributed by atoms with Crippen LogP contribution in [0.3, 0.4) is 0 Å². The van der Waals surface area contributed by atoms with Crippen molar-refractivity contribution in [2.45, 2.75) is 15.9 Å². The average molecular weight is 292 g/mol. The van der Waals surface area contributed by atoms with Gasteiger partial charge in [0.1, 0.15) is 0 Å². The summed E-state index contributed by atoms with van der Waals surface area (Å²) >= 11 is 1.15. The highest BCUT2D eigenvalue weighted by Gasteiger charge is 2.18. The van der Waals surface area contributed by atoms with Crippen molar-refractivity contribution in [3.05, 3.63) is 18.2 Å². The van der Waals surface area contributed by atoms with Gasteiger partial charge >= 0.3 is 0 Å². The van der Waals surface area contributed by atoms with Crippen LogP contribution in [-0.2, 0) is 10.0 Å². The number of benzene rings is 1. The average Bonchev–Trinajstić information content (AvgIpc) is 2.36. The minimum absolute atomic E-state index is 0.0696. The van der Waals surface area contributed by atoms with Gasteiger partial charge in [0.05, 0.1) is 17.6 Å². The third kappa shape index (κ3) is 3.85. The van der Waals surface area contributed by atoms with Gasteiger partial charge in [-0.1, -0.05) is 0 Å². The second kappa shape index (κ2) is 6.39. The van der Waals surface area contributed by atoms with Gasteiger partial charge in [-0.05, 0) is 25.2 Å². The second-order valence-corrected chi connectivity index (χ2v) is 6.48. The van der Waals surface area contributed by atoms with Crippen molar-refractivity contribution < 1.29 is 18.6 Å². The zero-order chi connectivity index (χ0) is 13.8. The first-order chi connectivity index (χ1) is 8.40. The Kier molecular flexibility index (Phi) is 5.42. The fourth-order valence-corrected chi connectivity index (χ4v) is 3.40. The Labute approximate surface area is 110 Å². The van der Waals surface area contributed by atoms with Crippen LogP contribution in [0.1, 0.15) is 0 Å². The molecule has 18 heavy (non-hydrogen) atoms. The summed E-state index contributed by atoms with van der Waals surface area (Å²) in [6.45, 7) is -0.365. The number of aliphatic hydroxyl groups is 2. The van der Waals surface area contributed by atoms with Gasteiger partial charge in [0, 0.05) is 16.3 Å². The normalized spacial score (nSPS) is 13.5. The Morgan fingerprint density at radius 3 is 2.72 bits per heavy atom. The molecule has 0 bridgehead atoms. The molecule has 1 aromatic rings. The highest BCUT2D eigenvalue weighted by Crippen LogP contribution is 2.28. The van der Waals surface area contributed by atoms with Gasteiger partial charge in [-0.3, -0.25) is 0 Å². The van der Waals surface area contributed by atoms with E-state index in [1.807, 2.05) is 0 Å². The van der Waals surface area contributed by atoms with E-state index in [0.717, 1.165) is 11.8 Å². The summed E-state index contributed by atoms with van der Waals surface area (Å²) in [7, 11) is -2.29.